The topological polar surface area (TPSA) is 32.3 Å². The van der Waals surface area contributed by atoms with Gasteiger partial charge in [0.15, 0.2) is 0 Å². The summed E-state index contributed by atoms with van der Waals surface area (Å²) in [6.07, 6.45) is 0. The second-order valence-corrected chi connectivity index (χ2v) is 4.85. The van der Waals surface area contributed by atoms with E-state index in [2.05, 4.69) is 21.2 Å². The van der Waals surface area contributed by atoms with Crippen LogP contribution in [0, 0.1) is 0 Å². The lowest BCUT2D eigenvalue weighted by molar-refractivity contribution is 0.230. The molecule has 2 aromatic carbocycles. The normalized spacial score (nSPS) is 10.3. The number of carbonyl (C=O) groups excluding carboxylic acids is 1. The fraction of sp³-hybridized carbons (Fsp3) is 0.154. The minimum Gasteiger partial charge on any atom is -0.331 e. The maximum absolute atomic E-state index is 11.5. The SMILES string of the molecule is CN(C)C(=O)Nc1ccc2c(Br)cccc2c1. The molecule has 2 aromatic rings. The summed E-state index contributed by atoms with van der Waals surface area (Å²) in [7, 11) is 3.43. The number of halogens is 1. The average Bonchev–Trinajstić information content (AvgIpc) is 2.29. The predicted molar refractivity (Wildman–Crippen MR) is 74.4 cm³/mol. The molecule has 4 heteroatoms. The summed E-state index contributed by atoms with van der Waals surface area (Å²) in [5.41, 5.74) is 0.800. The van der Waals surface area contributed by atoms with Crippen molar-refractivity contribution in [2.45, 2.75) is 0 Å². The number of hydrogen-bond donors (Lipinski definition) is 1. The molecule has 17 heavy (non-hydrogen) atoms. The molecule has 0 unspecified atom stereocenters. The Hall–Kier alpha value is -1.55. The van der Waals surface area contributed by atoms with E-state index in [0.29, 0.717) is 0 Å². The van der Waals surface area contributed by atoms with E-state index in [1.807, 2.05) is 36.4 Å². The molecule has 0 bridgehead atoms. The van der Waals surface area contributed by atoms with Crippen LogP contribution in [0.2, 0.25) is 0 Å². The van der Waals surface area contributed by atoms with Gasteiger partial charge in [-0.1, -0.05) is 34.1 Å². The van der Waals surface area contributed by atoms with E-state index < -0.39 is 0 Å². The van der Waals surface area contributed by atoms with Crippen LogP contribution in [0.1, 0.15) is 0 Å². The van der Waals surface area contributed by atoms with Crippen LogP contribution in [-0.4, -0.2) is 25.0 Å². The third-order valence-electron chi connectivity index (χ3n) is 2.48. The van der Waals surface area contributed by atoms with Crippen molar-refractivity contribution < 1.29 is 4.79 Å². The molecule has 88 valence electrons. The lowest BCUT2D eigenvalue weighted by atomic mass is 10.1. The maximum Gasteiger partial charge on any atom is 0.321 e. The number of amides is 2. The van der Waals surface area contributed by atoms with Crippen LogP contribution in [0.25, 0.3) is 10.8 Å². The fourth-order valence-electron chi connectivity index (χ4n) is 1.56. The Kier molecular flexibility index (Phi) is 3.33. The van der Waals surface area contributed by atoms with Crippen LogP contribution in [-0.2, 0) is 0 Å². The first-order chi connectivity index (χ1) is 8.08. The molecule has 0 aromatic heterocycles. The molecule has 3 nitrogen and oxygen atoms in total. The zero-order valence-electron chi connectivity index (χ0n) is 9.70. The number of anilines is 1. The van der Waals surface area contributed by atoms with Crippen molar-refractivity contribution in [3.63, 3.8) is 0 Å². The molecule has 0 fully saturated rings. The third kappa shape index (κ3) is 2.58. The van der Waals surface area contributed by atoms with Crippen molar-refractivity contribution in [3.8, 4) is 0 Å². The van der Waals surface area contributed by atoms with Crippen LogP contribution in [0.4, 0.5) is 10.5 Å². The van der Waals surface area contributed by atoms with Crippen LogP contribution in [0.5, 0.6) is 0 Å². The second kappa shape index (κ2) is 4.75. The van der Waals surface area contributed by atoms with Gasteiger partial charge >= 0.3 is 6.03 Å². The van der Waals surface area contributed by atoms with Gasteiger partial charge < -0.3 is 10.2 Å². The van der Waals surface area contributed by atoms with Crippen LogP contribution < -0.4 is 5.32 Å². The van der Waals surface area contributed by atoms with Crippen molar-refractivity contribution in [1.82, 2.24) is 4.90 Å². The Morgan fingerprint density at radius 2 is 2.00 bits per heavy atom. The molecule has 0 aliphatic carbocycles. The molecular formula is C13H13BrN2O. The van der Waals surface area contributed by atoms with Gasteiger partial charge in [0.1, 0.15) is 0 Å². The highest BCUT2D eigenvalue weighted by atomic mass is 79.9. The van der Waals surface area contributed by atoms with Gasteiger partial charge in [-0.05, 0) is 29.0 Å². The van der Waals surface area contributed by atoms with E-state index in [4.69, 9.17) is 0 Å². The molecule has 0 saturated heterocycles. The molecule has 0 spiro atoms. The summed E-state index contributed by atoms with van der Waals surface area (Å²) < 4.78 is 1.06. The summed E-state index contributed by atoms with van der Waals surface area (Å²) in [4.78, 5) is 13.0. The minimum absolute atomic E-state index is 0.126. The highest BCUT2D eigenvalue weighted by Crippen LogP contribution is 2.26. The van der Waals surface area contributed by atoms with E-state index in [1.54, 1.807) is 14.1 Å². The predicted octanol–water partition coefficient (Wildman–Crippen LogP) is 3.70. The lowest BCUT2D eigenvalue weighted by Gasteiger charge is -2.12. The molecule has 0 atom stereocenters. The van der Waals surface area contributed by atoms with Gasteiger partial charge in [0.05, 0.1) is 0 Å². The van der Waals surface area contributed by atoms with Gasteiger partial charge in [0.2, 0.25) is 0 Å². The van der Waals surface area contributed by atoms with Crippen molar-refractivity contribution in [2.24, 2.45) is 0 Å². The van der Waals surface area contributed by atoms with E-state index in [0.717, 1.165) is 20.9 Å². The summed E-state index contributed by atoms with van der Waals surface area (Å²) in [6.45, 7) is 0. The largest absolute Gasteiger partial charge is 0.331 e. The standard InChI is InChI=1S/C13H13BrN2O/c1-16(2)13(17)15-10-6-7-11-9(8-10)4-3-5-12(11)14/h3-8H,1-2H3,(H,15,17). The van der Waals surface area contributed by atoms with Gasteiger partial charge in [-0.2, -0.15) is 0 Å². The van der Waals surface area contributed by atoms with Crippen molar-refractivity contribution in [3.05, 3.63) is 40.9 Å². The molecule has 0 aliphatic rings. The van der Waals surface area contributed by atoms with Gasteiger partial charge in [-0.15, -0.1) is 0 Å². The van der Waals surface area contributed by atoms with E-state index in [9.17, 15) is 4.79 Å². The molecule has 0 saturated carbocycles. The Morgan fingerprint density at radius 3 is 2.71 bits per heavy atom. The zero-order chi connectivity index (χ0) is 12.4. The van der Waals surface area contributed by atoms with Gasteiger partial charge in [-0.25, -0.2) is 4.79 Å². The smallest absolute Gasteiger partial charge is 0.321 e. The van der Waals surface area contributed by atoms with Crippen molar-refractivity contribution >= 4 is 38.4 Å². The van der Waals surface area contributed by atoms with Crippen LogP contribution >= 0.6 is 15.9 Å². The summed E-state index contributed by atoms with van der Waals surface area (Å²) in [5.74, 6) is 0. The molecular weight excluding hydrogens is 280 g/mol. The lowest BCUT2D eigenvalue weighted by Crippen LogP contribution is -2.27. The van der Waals surface area contributed by atoms with E-state index in [-0.39, 0.29) is 6.03 Å². The van der Waals surface area contributed by atoms with Crippen molar-refractivity contribution in [1.29, 1.82) is 0 Å². The minimum atomic E-state index is -0.126. The maximum atomic E-state index is 11.5. The summed E-state index contributed by atoms with van der Waals surface area (Å²) >= 11 is 3.50. The molecule has 0 heterocycles. The molecule has 0 radical (unpaired) electrons. The van der Waals surface area contributed by atoms with Crippen molar-refractivity contribution in [2.75, 3.05) is 19.4 Å². The monoisotopic (exact) mass is 292 g/mol. The Labute approximate surface area is 109 Å². The number of nitrogens with zero attached hydrogens (tertiary/aromatic N) is 1. The second-order valence-electron chi connectivity index (χ2n) is 4.00. The molecule has 0 aliphatic heterocycles. The number of fused-ring (bicyclic) bond motifs is 1. The Morgan fingerprint density at radius 1 is 1.24 bits per heavy atom. The highest BCUT2D eigenvalue weighted by Gasteiger charge is 2.05. The van der Waals surface area contributed by atoms with Gasteiger partial charge in [0.25, 0.3) is 0 Å². The fourth-order valence-corrected chi connectivity index (χ4v) is 2.07. The van der Waals surface area contributed by atoms with Gasteiger partial charge in [0, 0.05) is 24.3 Å². The summed E-state index contributed by atoms with van der Waals surface area (Å²) in [5, 5.41) is 5.05. The van der Waals surface area contributed by atoms with Gasteiger partial charge in [-0.3, -0.25) is 0 Å². The quantitative estimate of drug-likeness (QED) is 0.854. The highest BCUT2D eigenvalue weighted by molar-refractivity contribution is 9.10. The Balaban J connectivity index is 2.35. The van der Waals surface area contributed by atoms with Crippen LogP contribution in [0.3, 0.4) is 0 Å². The number of carbonyl (C=O) groups is 1. The Bertz CT molecular complexity index is 566. The molecule has 2 amide bonds. The number of rotatable bonds is 1. The molecule has 1 N–H and O–H groups in total. The number of benzene rings is 2. The number of urea groups is 1. The first-order valence-electron chi connectivity index (χ1n) is 5.24. The first-order valence-corrected chi connectivity index (χ1v) is 6.04. The van der Waals surface area contributed by atoms with E-state index >= 15 is 0 Å². The molecule has 2 rings (SSSR count). The zero-order valence-corrected chi connectivity index (χ0v) is 11.3. The number of nitrogens with one attached hydrogen (secondary N) is 1. The third-order valence-corrected chi connectivity index (χ3v) is 3.18. The summed E-state index contributed by atoms with van der Waals surface area (Å²) in [6, 6.07) is 11.7. The first kappa shape index (κ1) is 11.9. The van der Waals surface area contributed by atoms with E-state index in [1.165, 1.54) is 4.90 Å². The number of hydrogen-bond acceptors (Lipinski definition) is 1. The van der Waals surface area contributed by atoms with Crippen LogP contribution in [0.15, 0.2) is 40.9 Å². The average molecular weight is 293 g/mol.